The lowest BCUT2D eigenvalue weighted by Crippen LogP contribution is -2.49. The van der Waals surface area contributed by atoms with E-state index in [1.165, 1.54) is 17.2 Å². The number of hydrogen-bond acceptors (Lipinski definition) is 15. The van der Waals surface area contributed by atoms with Crippen molar-refractivity contribution in [2.45, 2.75) is 32.4 Å². The molecular weight excluding hydrogens is 1050 g/mol. The van der Waals surface area contributed by atoms with Crippen molar-refractivity contribution < 1.29 is 36.5 Å². The molecule has 3 aromatic carbocycles. The molecule has 3 aliphatic heterocycles. The number of urea groups is 1. The number of nitrogens with zero attached hydrogens (tertiary/aromatic N) is 12. The molecule has 3 saturated heterocycles. The lowest BCUT2D eigenvalue weighted by atomic mass is 9.94. The molecule has 3 aliphatic rings. The monoisotopic (exact) mass is 1100 g/mol. The lowest BCUT2D eigenvalue weighted by molar-refractivity contribution is -0.153. The normalized spacial score (nSPS) is 16.4. The zero-order valence-electron chi connectivity index (χ0n) is 41.2. The number of piperidine rings is 1. The summed E-state index contributed by atoms with van der Waals surface area (Å²) in [4.78, 5) is 50.6. The van der Waals surface area contributed by atoms with Gasteiger partial charge in [-0.15, -0.1) is 0 Å². The molecule has 0 bridgehead atoms. The van der Waals surface area contributed by atoms with Gasteiger partial charge in [0.2, 0.25) is 11.9 Å². The molecule has 19 nitrogen and oxygen atoms in total. The quantitative estimate of drug-likeness (QED) is 0.0740. The fourth-order valence-electron chi connectivity index (χ4n) is 9.92. The number of aryl methyl sites for hydroxylation is 3. The van der Waals surface area contributed by atoms with Gasteiger partial charge in [-0.3, -0.25) is 34.3 Å². The summed E-state index contributed by atoms with van der Waals surface area (Å²) in [6.45, 7) is 8.48. The summed E-state index contributed by atoms with van der Waals surface area (Å²) in [6, 6.07) is 9.50. The molecule has 3 fully saturated rings. The van der Waals surface area contributed by atoms with Crippen molar-refractivity contribution in [2.75, 3.05) is 97.6 Å². The fraction of sp³-hybridized carbons (Fsp3) is 0.388. The molecule has 7 aromatic rings. The van der Waals surface area contributed by atoms with Crippen molar-refractivity contribution in [3.8, 4) is 16.9 Å². The van der Waals surface area contributed by atoms with E-state index < -0.39 is 31.8 Å². The van der Waals surface area contributed by atoms with Crippen LogP contribution >= 0.6 is 23.1 Å². The van der Waals surface area contributed by atoms with E-state index in [-0.39, 0.29) is 36.3 Å². The Morgan fingerprint density at radius 1 is 0.892 bits per heavy atom. The first-order valence-electron chi connectivity index (χ1n) is 24.0. The molecule has 3 amide bonds. The van der Waals surface area contributed by atoms with Crippen LogP contribution in [0.3, 0.4) is 0 Å². The maximum Gasteiger partial charge on any atom is 0.422 e. The van der Waals surface area contributed by atoms with E-state index >= 15 is 4.39 Å². The summed E-state index contributed by atoms with van der Waals surface area (Å²) >= 11 is 3.52. The van der Waals surface area contributed by atoms with Gasteiger partial charge in [0.15, 0.2) is 12.4 Å². The van der Waals surface area contributed by atoms with E-state index in [0.717, 1.165) is 24.9 Å². The van der Waals surface area contributed by atoms with Crippen LogP contribution in [0.15, 0.2) is 65.7 Å². The highest BCUT2D eigenvalue weighted by Crippen LogP contribution is 2.44. The number of rotatable bonds is 13. The number of carbonyl (C=O) groups excluding carboxylic acids is 2. The van der Waals surface area contributed by atoms with Crippen molar-refractivity contribution in [3.63, 3.8) is 0 Å². The number of alkyl halides is 3. The zero-order chi connectivity index (χ0) is 52.2. The molecule has 0 spiro atoms. The van der Waals surface area contributed by atoms with Crippen molar-refractivity contribution >= 4 is 103 Å². The predicted octanol–water partition coefficient (Wildman–Crippen LogP) is 8.08. The van der Waals surface area contributed by atoms with E-state index in [2.05, 4.69) is 66.8 Å². The summed E-state index contributed by atoms with van der Waals surface area (Å²) in [5.74, 6) is 0.143. The predicted molar refractivity (Wildman–Crippen MR) is 280 cm³/mol. The van der Waals surface area contributed by atoms with Crippen LogP contribution < -0.4 is 40.7 Å². The SMILES string of the molecule is Cc1cnc2c(P(C)(C)=O)c(Nc3nc(Nc4cc(-c5cnn(C)c5)c(N5CCC(CN6CCN(c7cc8c(cc7F)c(N7CCC(=O)NC7=O)nn8C)CC6)CC5)cc4OCC(F)(F)F)ncc3Br)ccc2n1. The Bertz CT molecular complexity index is 3370. The summed E-state index contributed by atoms with van der Waals surface area (Å²) < 4.78 is 80.5. The van der Waals surface area contributed by atoms with Crippen LogP contribution in [0.25, 0.3) is 33.1 Å². The molecule has 10 rings (SSSR count). The third kappa shape index (κ3) is 10.7. The van der Waals surface area contributed by atoms with Gasteiger partial charge in [-0.2, -0.15) is 28.4 Å². The number of piperazine rings is 1. The van der Waals surface area contributed by atoms with Crippen molar-refractivity contribution in [3.05, 3.63) is 77.2 Å². The van der Waals surface area contributed by atoms with Gasteiger partial charge in [0.25, 0.3) is 0 Å². The Morgan fingerprint density at radius 3 is 2.35 bits per heavy atom. The number of amides is 3. The zero-order valence-corrected chi connectivity index (χ0v) is 43.7. The van der Waals surface area contributed by atoms with Crippen LogP contribution in [0.2, 0.25) is 0 Å². The highest BCUT2D eigenvalue weighted by Gasteiger charge is 2.33. The highest BCUT2D eigenvalue weighted by atomic mass is 79.9. The summed E-state index contributed by atoms with van der Waals surface area (Å²) in [7, 11) is 0.592. The second-order valence-electron chi connectivity index (χ2n) is 19.2. The number of anilines is 7. The second kappa shape index (κ2) is 20.1. The van der Waals surface area contributed by atoms with Crippen molar-refractivity contribution in [1.29, 1.82) is 0 Å². The first-order valence-corrected chi connectivity index (χ1v) is 27.4. The maximum absolute atomic E-state index is 15.9. The minimum absolute atomic E-state index is 0.0478. The second-order valence-corrected chi connectivity index (χ2v) is 23.2. The first kappa shape index (κ1) is 50.6. The van der Waals surface area contributed by atoms with E-state index in [1.807, 2.05) is 18.0 Å². The molecule has 3 N–H and O–H groups in total. The van der Waals surface area contributed by atoms with Crippen LogP contribution in [0.5, 0.6) is 5.75 Å². The van der Waals surface area contributed by atoms with Crippen molar-refractivity contribution in [2.24, 2.45) is 20.0 Å². The van der Waals surface area contributed by atoms with Gasteiger partial charge in [-0.05, 0) is 85.3 Å². The third-order valence-corrected chi connectivity index (χ3v) is 15.6. The highest BCUT2D eigenvalue weighted by molar-refractivity contribution is 9.10. The smallest absolute Gasteiger partial charge is 0.422 e. The standard InChI is InChI=1S/C49H53BrF4N15O4P/c1-28-22-55-43-35(58-28)6-7-36(44(43)74(4,5)72)59-45-33(50)24-56-47(62-45)60-37-19-31(30-23-57-64(2)26-30)39(21-41(37)73-27-49(52,53)54)67-11-8-29(9-12-67)25-66-14-16-68(17-15-66)40-20-38-32(18-34(40)51)46(63-65(38)3)69-13-10-42(70)61-48(69)71/h6-7,18-24,26,29H,8-17,25,27H2,1-5H3,(H,61,70,71)(H2,56,59,60,62). The molecule has 0 aliphatic carbocycles. The first-order chi connectivity index (χ1) is 35.2. The van der Waals surface area contributed by atoms with Crippen LogP contribution in [0, 0.1) is 18.7 Å². The third-order valence-electron chi connectivity index (χ3n) is 13.5. The summed E-state index contributed by atoms with van der Waals surface area (Å²) in [6.07, 6.45) is 3.80. The van der Waals surface area contributed by atoms with Crippen LogP contribution in [0.1, 0.15) is 25.0 Å². The van der Waals surface area contributed by atoms with Crippen LogP contribution in [-0.2, 0) is 23.5 Å². The molecule has 0 radical (unpaired) electrons. The van der Waals surface area contributed by atoms with Crippen LogP contribution in [0.4, 0.5) is 62.7 Å². The number of aromatic nitrogens is 8. The number of imide groups is 1. The Kier molecular flexibility index (Phi) is 13.7. The molecule has 74 heavy (non-hydrogen) atoms. The largest absolute Gasteiger partial charge is 0.482 e. The minimum atomic E-state index is -4.63. The number of halogens is 5. The molecule has 4 aromatic heterocycles. The average molecular weight is 1100 g/mol. The molecule has 0 atom stereocenters. The average Bonchev–Trinajstić information content (AvgIpc) is 3.93. The Morgan fingerprint density at radius 2 is 1.65 bits per heavy atom. The number of carbonyl (C=O) groups is 2. The minimum Gasteiger partial charge on any atom is -0.482 e. The Balaban J connectivity index is 0.849. The van der Waals surface area contributed by atoms with Gasteiger partial charge in [0, 0.05) is 120 Å². The molecule has 388 valence electrons. The van der Waals surface area contributed by atoms with Gasteiger partial charge in [0.1, 0.15) is 30.0 Å². The Labute approximate surface area is 431 Å². The number of ether oxygens (including phenoxy) is 1. The van der Waals surface area contributed by atoms with Gasteiger partial charge in [0.05, 0.1) is 49.8 Å². The van der Waals surface area contributed by atoms with E-state index in [4.69, 9.17) is 9.72 Å². The topological polar surface area (TPSA) is 197 Å². The number of hydrogen-bond donors (Lipinski definition) is 3. The molecule has 0 saturated carbocycles. The van der Waals surface area contributed by atoms with E-state index in [1.54, 1.807) is 79.5 Å². The maximum atomic E-state index is 15.9. The summed E-state index contributed by atoms with van der Waals surface area (Å²) in [5, 5.41) is 18.6. The van der Waals surface area contributed by atoms with Gasteiger partial charge < -0.3 is 29.7 Å². The molecule has 0 unspecified atom stereocenters. The number of benzene rings is 3. The van der Waals surface area contributed by atoms with Gasteiger partial charge in [-0.25, -0.2) is 19.2 Å². The van der Waals surface area contributed by atoms with E-state index in [0.29, 0.717) is 117 Å². The van der Waals surface area contributed by atoms with Crippen molar-refractivity contribution in [1.82, 2.24) is 49.7 Å². The summed E-state index contributed by atoms with van der Waals surface area (Å²) in [5.41, 5.74) is 5.75. The van der Waals surface area contributed by atoms with Gasteiger partial charge >= 0.3 is 12.2 Å². The lowest BCUT2D eigenvalue weighted by Gasteiger charge is -2.40. The van der Waals surface area contributed by atoms with Gasteiger partial charge in [-0.1, -0.05) is 0 Å². The van der Waals surface area contributed by atoms with Crippen LogP contribution in [-0.4, -0.2) is 135 Å². The molecule has 25 heteroatoms. The molecule has 7 heterocycles. The number of nitrogens with one attached hydrogen (secondary N) is 3. The number of fused-ring (bicyclic) bond motifs is 2. The van der Waals surface area contributed by atoms with E-state index in [9.17, 15) is 27.3 Å². The fourth-order valence-corrected chi connectivity index (χ4v) is 11.6. The Hall–Kier alpha value is -6.91. The molecular formula is C49H53BrF4N15O4P.